The monoisotopic (exact) mass is 209 g/mol. The molecule has 0 saturated heterocycles. The molecule has 1 aliphatic rings. The minimum Gasteiger partial charge on any atom is -0.373 e. The lowest BCUT2D eigenvalue weighted by Crippen LogP contribution is -2.11. The summed E-state index contributed by atoms with van der Waals surface area (Å²) in [7, 11) is 1.93. The Hall–Kier alpha value is -0.770. The van der Waals surface area contributed by atoms with Gasteiger partial charge in [-0.1, -0.05) is 11.8 Å². The van der Waals surface area contributed by atoms with Crippen LogP contribution in [0.2, 0.25) is 0 Å². The van der Waals surface area contributed by atoms with Gasteiger partial charge in [-0.15, -0.1) is 0 Å². The lowest BCUT2D eigenvalue weighted by molar-refractivity contribution is 0.652. The Bertz CT molecular complexity index is 321. The fraction of sp³-hybridized carbons (Fsp3) is 0.600. The van der Waals surface area contributed by atoms with E-state index in [0.29, 0.717) is 0 Å². The van der Waals surface area contributed by atoms with E-state index in [-0.39, 0.29) is 0 Å². The van der Waals surface area contributed by atoms with E-state index < -0.39 is 0 Å². The zero-order chi connectivity index (χ0) is 9.97. The summed E-state index contributed by atoms with van der Waals surface area (Å²) < 4.78 is 0. The van der Waals surface area contributed by atoms with Crippen LogP contribution in [0.4, 0.5) is 5.82 Å². The van der Waals surface area contributed by atoms with Gasteiger partial charge in [0, 0.05) is 12.6 Å². The molecule has 0 saturated carbocycles. The van der Waals surface area contributed by atoms with Crippen molar-refractivity contribution in [1.29, 1.82) is 0 Å². The number of fused-ring (bicyclic) bond motifs is 1. The van der Waals surface area contributed by atoms with Gasteiger partial charge in [0.15, 0.2) is 5.16 Å². The Labute approximate surface area is 88.7 Å². The lowest BCUT2D eigenvalue weighted by atomic mass is 9.96. The molecule has 1 aliphatic carbocycles. The largest absolute Gasteiger partial charge is 0.373 e. The Balaban J connectivity index is 2.47. The summed E-state index contributed by atoms with van der Waals surface area (Å²) in [5.74, 6) is 1.03. The van der Waals surface area contributed by atoms with E-state index in [1.165, 1.54) is 24.1 Å². The summed E-state index contributed by atoms with van der Waals surface area (Å²) in [6.07, 6.45) is 6.79. The molecule has 0 atom stereocenters. The van der Waals surface area contributed by atoms with Gasteiger partial charge in [0.2, 0.25) is 0 Å². The van der Waals surface area contributed by atoms with Crippen molar-refractivity contribution in [3.63, 3.8) is 0 Å². The number of hydrogen-bond donors (Lipinski definition) is 1. The molecule has 1 heterocycles. The molecule has 0 fully saturated rings. The summed E-state index contributed by atoms with van der Waals surface area (Å²) in [6.45, 7) is 0. The van der Waals surface area contributed by atoms with Crippen molar-refractivity contribution in [1.82, 2.24) is 9.97 Å². The predicted octanol–water partition coefficient (Wildman–Crippen LogP) is 2.12. The topological polar surface area (TPSA) is 37.8 Å². The van der Waals surface area contributed by atoms with Crippen LogP contribution in [-0.2, 0) is 12.8 Å². The summed E-state index contributed by atoms with van der Waals surface area (Å²) in [5, 5.41) is 4.05. The first-order valence-electron chi connectivity index (χ1n) is 4.96. The SMILES string of the molecule is CNc1nc(SC)nc2c1CCCC2. The van der Waals surface area contributed by atoms with Crippen molar-refractivity contribution in [2.75, 3.05) is 18.6 Å². The number of thioether (sulfide) groups is 1. The molecule has 0 aromatic carbocycles. The van der Waals surface area contributed by atoms with Crippen LogP contribution in [0.25, 0.3) is 0 Å². The maximum atomic E-state index is 4.55. The van der Waals surface area contributed by atoms with Gasteiger partial charge in [0.05, 0.1) is 5.69 Å². The second-order valence-electron chi connectivity index (χ2n) is 3.44. The van der Waals surface area contributed by atoms with Crippen LogP contribution < -0.4 is 5.32 Å². The molecule has 0 amide bonds. The highest BCUT2D eigenvalue weighted by Crippen LogP contribution is 2.26. The molecule has 0 unspecified atom stereocenters. The molecule has 0 aliphatic heterocycles. The Morgan fingerprint density at radius 3 is 2.71 bits per heavy atom. The fourth-order valence-corrected chi connectivity index (χ4v) is 2.25. The normalized spacial score (nSPS) is 15.0. The fourth-order valence-electron chi connectivity index (χ4n) is 1.87. The maximum Gasteiger partial charge on any atom is 0.189 e. The van der Waals surface area contributed by atoms with Crippen molar-refractivity contribution < 1.29 is 0 Å². The quantitative estimate of drug-likeness (QED) is 0.598. The first-order valence-corrected chi connectivity index (χ1v) is 6.19. The van der Waals surface area contributed by atoms with Gasteiger partial charge in [-0.05, 0) is 31.9 Å². The Kier molecular flexibility index (Phi) is 2.91. The van der Waals surface area contributed by atoms with Gasteiger partial charge in [-0.2, -0.15) is 0 Å². The van der Waals surface area contributed by atoms with Crippen LogP contribution in [0.15, 0.2) is 5.16 Å². The van der Waals surface area contributed by atoms with Crippen molar-refractivity contribution in [2.45, 2.75) is 30.8 Å². The van der Waals surface area contributed by atoms with Gasteiger partial charge in [0.1, 0.15) is 5.82 Å². The Morgan fingerprint density at radius 2 is 2.00 bits per heavy atom. The van der Waals surface area contributed by atoms with E-state index in [2.05, 4.69) is 15.3 Å². The van der Waals surface area contributed by atoms with Crippen LogP contribution >= 0.6 is 11.8 Å². The minimum absolute atomic E-state index is 0.884. The third kappa shape index (κ3) is 1.71. The van der Waals surface area contributed by atoms with E-state index in [4.69, 9.17) is 0 Å². The van der Waals surface area contributed by atoms with E-state index in [9.17, 15) is 0 Å². The molecular formula is C10H15N3S. The van der Waals surface area contributed by atoms with Crippen LogP contribution in [0.3, 0.4) is 0 Å². The zero-order valence-electron chi connectivity index (χ0n) is 8.63. The number of hydrogen-bond acceptors (Lipinski definition) is 4. The smallest absolute Gasteiger partial charge is 0.189 e. The first-order chi connectivity index (χ1) is 6.85. The minimum atomic E-state index is 0.884. The molecule has 4 heteroatoms. The molecule has 76 valence electrons. The van der Waals surface area contributed by atoms with Crippen molar-refractivity contribution in [3.05, 3.63) is 11.3 Å². The molecule has 1 aromatic heterocycles. The molecule has 1 aromatic rings. The summed E-state index contributed by atoms with van der Waals surface area (Å²) in [5.41, 5.74) is 2.58. The van der Waals surface area contributed by atoms with E-state index in [1.807, 2.05) is 13.3 Å². The van der Waals surface area contributed by atoms with Gasteiger partial charge in [-0.3, -0.25) is 0 Å². The van der Waals surface area contributed by atoms with E-state index in [0.717, 1.165) is 23.8 Å². The van der Waals surface area contributed by atoms with Crippen LogP contribution in [0, 0.1) is 0 Å². The highest BCUT2D eigenvalue weighted by Gasteiger charge is 2.16. The van der Waals surface area contributed by atoms with Crippen molar-refractivity contribution in [2.24, 2.45) is 0 Å². The molecule has 2 rings (SSSR count). The molecule has 0 spiro atoms. The molecule has 14 heavy (non-hydrogen) atoms. The second-order valence-corrected chi connectivity index (χ2v) is 4.21. The van der Waals surface area contributed by atoms with E-state index >= 15 is 0 Å². The van der Waals surface area contributed by atoms with Gasteiger partial charge in [0.25, 0.3) is 0 Å². The number of anilines is 1. The third-order valence-electron chi connectivity index (χ3n) is 2.58. The van der Waals surface area contributed by atoms with Gasteiger partial charge < -0.3 is 5.32 Å². The number of nitrogens with one attached hydrogen (secondary N) is 1. The second kappa shape index (κ2) is 4.17. The highest BCUT2D eigenvalue weighted by atomic mass is 32.2. The van der Waals surface area contributed by atoms with Crippen LogP contribution in [0.1, 0.15) is 24.1 Å². The maximum absolute atomic E-state index is 4.55. The molecule has 0 radical (unpaired) electrons. The van der Waals surface area contributed by atoms with E-state index in [1.54, 1.807) is 11.8 Å². The van der Waals surface area contributed by atoms with Crippen molar-refractivity contribution >= 4 is 17.6 Å². The number of aryl methyl sites for hydroxylation is 1. The third-order valence-corrected chi connectivity index (χ3v) is 3.13. The Morgan fingerprint density at radius 1 is 1.21 bits per heavy atom. The standard InChI is InChI=1S/C10H15N3S/c1-11-9-7-5-3-4-6-8(7)12-10(13-9)14-2/h3-6H2,1-2H3,(H,11,12,13). The molecular weight excluding hydrogens is 194 g/mol. The summed E-state index contributed by atoms with van der Waals surface area (Å²) >= 11 is 1.61. The van der Waals surface area contributed by atoms with Gasteiger partial charge >= 0.3 is 0 Å². The first kappa shape index (κ1) is 9.77. The van der Waals surface area contributed by atoms with Crippen LogP contribution in [0.5, 0.6) is 0 Å². The van der Waals surface area contributed by atoms with Crippen LogP contribution in [-0.4, -0.2) is 23.3 Å². The predicted molar refractivity (Wildman–Crippen MR) is 60.0 cm³/mol. The van der Waals surface area contributed by atoms with Crippen molar-refractivity contribution in [3.8, 4) is 0 Å². The number of aromatic nitrogens is 2. The number of rotatable bonds is 2. The zero-order valence-corrected chi connectivity index (χ0v) is 9.45. The number of nitrogens with zero attached hydrogens (tertiary/aromatic N) is 2. The molecule has 0 bridgehead atoms. The molecule has 3 nitrogen and oxygen atoms in total. The molecule has 1 N–H and O–H groups in total. The highest BCUT2D eigenvalue weighted by molar-refractivity contribution is 7.98. The lowest BCUT2D eigenvalue weighted by Gasteiger charge is -2.18. The average molecular weight is 209 g/mol. The average Bonchev–Trinajstić information content (AvgIpc) is 2.27. The van der Waals surface area contributed by atoms with Gasteiger partial charge in [-0.25, -0.2) is 9.97 Å². The summed E-state index contributed by atoms with van der Waals surface area (Å²) in [6, 6.07) is 0. The summed E-state index contributed by atoms with van der Waals surface area (Å²) in [4.78, 5) is 9.02.